The molecule has 0 aromatic heterocycles. The lowest BCUT2D eigenvalue weighted by Crippen LogP contribution is -2.17. The van der Waals surface area contributed by atoms with E-state index in [1.54, 1.807) is 13.8 Å². The summed E-state index contributed by atoms with van der Waals surface area (Å²) in [6.07, 6.45) is 1.27. The van der Waals surface area contributed by atoms with Crippen LogP contribution in [0.15, 0.2) is 23.3 Å². The molecule has 0 radical (unpaired) electrons. The highest BCUT2D eigenvalue weighted by Gasteiger charge is 2.14. The number of phenolic OH excluding ortho intramolecular Hbond substituents is 3. The maximum absolute atomic E-state index is 12.1. The fourth-order valence-corrected chi connectivity index (χ4v) is 2.37. The van der Waals surface area contributed by atoms with Gasteiger partial charge in [-0.3, -0.25) is 4.79 Å². The SMILES string of the molecule is COc1cc(C(=O)NN=Cc2c(O)cc(C)c(Cl)c2C)cc(O)c1O. The van der Waals surface area contributed by atoms with E-state index in [9.17, 15) is 20.1 Å². The zero-order valence-electron chi connectivity index (χ0n) is 13.8. The Labute approximate surface area is 149 Å². The van der Waals surface area contributed by atoms with Crippen LogP contribution in [0.1, 0.15) is 27.0 Å². The average Bonchev–Trinajstić information content (AvgIpc) is 2.58. The molecule has 0 fully saturated rings. The molecule has 0 aliphatic heterocycles. The Morgan fingerprint density at radius 3 is 2.52 bits per heavy atom. The van der Waals surface area contributed by atoms with Crippen molar-refractivity contribution in [2.75, 3.05) is 7.11 Å². The molecule has 132 valence electrons. The fraction of sp³-hybridized carbons (Fsp3) is 0.176. The minimum absolute atomic E-state index is 0.0126. The number of methoxy groups -OCH3 is 1. The van der Waals surface area contributed by atoms with Crippen LogP contribution in [-0.2, 0) is 0 Å². The van der Waals surface area contributed by atoms with Crippen LogP contribution >= 0.6 is 11.6 Å². The molecule has 7 nitrogen and oxygen atoms in total. The van der Waals surface area contributed by atoms with Gasteiger partial charge < -0.3 is 20.1 Å². The van der Waals surface area contributed by atoms with E-state index >= 15 is 0 Å². The van der Waals surface area contributed by atoms with Crippen molar-refractivity contribution in [3.63, 3.8) is 0 Å². The normalized spacial score (nSPS) is 10.9. The number of carbonyl (C=O) groups excluding carboxylic acids is 1. The molecule has 2 rings (SSSR count). The van der Waals surface area contributed by atoms with Gasteiger partial charge in [0.2, 0.25) is 5.75 Å². The van der Waals surface area contributed by atoms with Crippen molar-refractivity contribution in [1.29, 1.82) is 0 Å². The van der Waals surface area contributed by atoms with E-state index in [-0.39, 0.29) is 17.1 Å². The predicted octanol–water partition coefficient (Wildman–Crippen LogP) is 2.85. The smallest absolute Gasteiger partial charge is 0.271 e. The Morgan fingerprint density at radius 1 is 1.20 bits per heavy atom. The third-order valence-corrected chi connectivity index (χ3v) is 4.19. The summed E-state index contributed by atoms with van der Waals surface area (Å²) in [4.78, 5) is 12.1. The number of halogens is 1. The molecule has 2 aromatic carbocycles. The first-order valence-electron chi connectivity index (χ1n) is 7.18. The van der Waals surface area contributed by atoms with E-state index in [1.165, 1.54) is 25.5 Å². The van der Waals surface area contributed by atoms with Gasteiger partial charge in [0.1, 0.15) is 5.75 Å². The Balaban J connectivity index is 2.22. The van der Waals surface area contributed by atoms with Crippen LogP contribution < -0.4 is 10.2 Å². The van der Waals surface area contributed by atoms with Gasteiger partial charge in [0.05, 0.1) is 13.3 Å². The van der Waals surface area contributed by atoms with Crippen LogP contribution in [0.3, 0.4) is 0 Å². The number of phenols is 3. The zero-order chi connectivity index (χ0) is 18.7. The van der Waals surface area contributed by atoms with Crippen molar-refractivity contribution in [2.24, 2.45) is 5.10 Å². The summed E-state index contributed by atoms with van der Waals surface area (Å²) in [5.41, 5.74) is 4.03. The Kier molecular flexibility index (Phi) is 5.38. The largest absolute Gasteiger partial charge is 0.507 e. The summed E-state index contributed by atoms with van der Waals surface area (Å²) < 4.78 is 4.87. The highest BCUT2D eigenvalue weighted by molar-refractivity contribution is 6.32. The minimum atomic E-state index is -0.639. The number of nitrogens with zero attached hydrogens (tertiary/aromatic N) is 1. The van der Waals surface area contributed by atoms with Crippen LogP contribution in [0.4, 0.5) is 0 Å². The lowest BCUT2D eigenvalue weighted by molar-refractivity contribution is 0.0954. The lowest BCUT2D eigenvalue weighted by Gasteiger charge is -2.09. The summed E-state index contributed by atoms with van der Waals surface area (Å²) in [6, 6.07) is 3.83. The summed E-state index contributed by atoms with van der Waals surface area (Å²) >= 11 is 6.13. The maximum atomic E-state index is 12.1. The number of carbonyl (C=O) groups is 1. The van der Waals surface area contributed by atoms with E-state index in [4.69, 9.17) is 16.3 Å². The molecule has 2 aromatic rings. The summed E-state index contributed by atoms with van der Waals surface area (Å²) in [5, 5.41) is 33.4. The molecule has 0 atom stereocenters. The Morgan fingerprint density at radius 2 is 1.88 bits per heavy atom. The molecule has 0 aliphatic rings. The molecule has 25 heavy (non-hydrogen) atoms. The van der Waals surface area contributed by atoms with Crippen LogP contribution in [0.25, 0.3) is 0 Å². The van der Waals surface area contributed by atoms with E-state index in [0.29, 0.717) is 16.1 Å². The Hall–Kier alpha value is -2.93. The fourth-order valence-electron chi connectivity index (χ4n) is 2.22. The molecular formula is C17H17ClN2O5. The van der Waals surface area contributed by atoms with Gasteiger partial charge in [0, 0.05) is 16.1 Å². The van der Waals surface area contributed by atoms with Crippen molar-refractivity contribution < 1.29 is 24.9 Å². The summed E-state index contributed by atoms with van der Waals surface area (Å²) in [6.45, 7) is 3.49. The van der Waals surface area contributed by atoms with E-state index in [2.05, 4.69) is 10.5 Å². The molecule has 0 heterocycles. The molecule has 0 bridgehead atoms. The molecule has 4 N–H and O–H groups in total. The number of aromatic hydroxyl groups is 3. The molecule has 8 heteroatoms. The van der Waals surface area contributed by atoms with E-state index in [0.717, 1.165) is 11.6 Å². The van der Waals surface area contributed by atoms with Gasteiger partial charge in [-0.05, 0) is 43.2 Å². The van der Waals surface area contributed by atoms with Crippen LogP contribution in [0, 0.1) is 13.8 Å². The predicted molar refractivity (Wildman–Crippen MR) is 94.0 cm³/mol. The molecule has 0 spiro atoms. The number of hydrogen-bond acceptors (Lipinski definition) is 6. The number of ether oxygens (including phenoxy) is 1. The zero-order valence-corrected chi connectivity index (χ0v) is 14.5. The molecule has 0 aliphatic carbocycles. The van der Waals surface area contributed by atoms with Gasteiger partial charge in [-0.25, -0.2) is 5.43 Å². The monoisotopic (exact) mass is 364 g/mol. The average molecular weight is 365 g/mol. The number of nitrogens with one attached hydrogen (secondary N) is 1. The molecule has 0 saturated heterocycles. The molecule has 1 amide bonds. The van der Waals surface area contributed by atoms with Gasteiger partial charge in [0.25, 0.3) is 5.91 Å². The number of aryl methyl sites for hydroxylation is 1. The third kappa shape index (κ3) is 3.77. The summed E-state index contributed by atoms with van der Waals surface area (Å²) in [7, 11) is 1.29. The van der Waals surface area contributed by atoms with Crippen LogP contribution in [-0.4, -0.2) is 34.6 Å². The van der Waals surface area contributed by atoms with Gasteiger partial charge in [-0.1, -0.05) is 11.6 Å². The Bertz CT molecular complexity index is 865. The second-order valence-corrected chi connectivity index (χ2v) is 5.69. The number of hydrogen-bond donors (Lipinski definition) is 4. The number of amides is 1. The maximum Gasteiger partial charge on any atom is 0.271 e. The van der Waals surface area contributed by atoms with Crippen molar-refractivity contribution in [1.82, 2.24) is 5.43 Å². The highest BCUT2D eigenvalue weighted by Crippen LogP contribution is 2.36. The number of hydrazone groups is 1. The molecule has 0 saturated carbocycles. The number of rotatable bonds is 4. The van der Waals surface area contributed by atoms with Crippen molar-refractivity contribution >= 4 is 23.7 Å². The second kappa shape index (κ2) is 7.31. The quantitative estimate of drug-likeness (QED) is 0.378. The van der Waals surface area contributed by atoms with Crippen molar-refractivity contribution in [3.8, 4) is 23.0 Å². The number of benzene rings is 2. The van der Waals surface area contributed by atoms with E-state index in [1.807, 2.05) is 0 Å². The highest BCUT2D eigenvalue weighted by atomic mass is 35.5. The van der Waals surface area contributed by atoms with E-state index < -0.39 is 17.4 Å². The van der Waals surface area contributed by atoms with Crippen molar-refractivity contribution in [3.05, 3.63) is 45.5 Å². The molecular weight excluding hydrogens is 348 g/mol. The lowest BCUT2D eigenvalue weighted by atomic mass is 10.1. The third-order valence-electron chi connectivity index (χ3n) is 3.61. The first-order chi connectivity index (χ1) is 11.8. The second-order valence-electron chi connectivity index (χ2n) is 5.31. The van der Waals surface area contributed by atoms with Gasteiger partial charge in [-0.2, -0.15) is 5.10 Å². The standard InChI is InChI=1S/C17H17ClN2O5/c1-8-4-12(21)11(9(2)15(8)18)7-19-20-17(24)10-5-13(22)16(23)14(6-10)25-3/h4-7,21-23H,1-3H3,(H,20,24). The first kappa shape index (κ1) is 18.4. The first-order valence-corrected chi connectivity index (χ1v) is 7.56. The minimum Gasteiger partial charge on any atom is -0.507 e. The summed E-state index contributed by atoms with van der Waals surface area (Å²) in [5.74, 6) is -1.65. The molecule has 0 unspecified atom stereocenters. The van der Waals surface area contributed by atoms with Gasteiger partial charge >= 0.3 is 0 Å². The topological polar surface area (TPSA) is 111 Å². The van der Waals surface area contributed by atoms with Crippen LogP contribution in [0.2, 0.25) is 5.02 Å². The van der Waals surface area contributed by atoms with Gasteiger partial charge in [-0.15, -0.1) is 0 Å². The van der Waals surface area contributed by atoms with Gasteiger partial charge in [0.15, 0.2) is 11.5 Å². The van der Waals surface area contributed by atoms with Crippen LogP contribution in [0.5, 0.6) is 23.0 Å². The van der Waals surface area contributed by atoms with Crippen molar-refractivity contribution in [2.45, 2.75) is 13.8 Å².